The molecule has 20 heavy (non-hydrogen) atoms. The normalized spacial score (nSPS) is 10.6. The molecule has 5 heteroatoms. The van der Waals surface area contributed by atoms with E-state index in [1.165, 1.54) is 12.1 Å². The molecule has 0 aliphatic heterocycles. The van der Waals surface area contributed by atoms with E-state index in [1.807, 2.05) is 24.3 Å². The number of oxazole rings is 1. The fourth-order valence-electron chi connectivity index (χ4n) is 1.82. The molecule has 0 saturated heterocycles. The number of benzene rings is 2. The molecule has 100 valence electrons. The van der Waals surface area contributed by atoms with E-state index in [0.717, 1.165) is 5.52 Å². The van der Waals surface area contributed by atoms with Crippen molar-refractivity contribution in [2.45, 2.75) is 6.61 Å². The predicted molar refractivity (Wildman–Crippen MR) is 71.7 cm³/mol. The maximum Gasteiger partial charge on any atom is 0.335 e. The van der Waals surface area contributed by atoms with E-state index in [9.17, 15) is 4.79 Å². The minimum atomic E-state index is -0.962. The van der Waals surface area contributed by atoms with Gasteiger partial charge in [-0.15, -0.1) is 0 Å². The minimum Gasteiger partial charge on any atom is -0.484 e. The van der Waals surface area contributed by atoms with Crippen LogP contribution in [0.4, 0.5) is 0 Å². The molecule has 3 rings (SSSR count). The van der Waals surface area contributed by atoms with Crippen LogP contribution in [0.25, 0.3) is 11.1 Å². The molecule has 0 fully saturated rings. The summed E-state index contributed by atoms with van der Waals surface area (Å²) in [4.78, 5) is 15.0. The van der Waals surface area contributed by atoms with Gasteiger partial charge in [-0.05, 0) is 36.4 Å². The lowest BCUT2D eigenvalue weighted by Gasteiger charge is -2.03. The lowest BCUT2D eigenvalue weighted by Crippen LogP contribution is -1.98. The van der Waals surface area contributed by atoms with E-state index >= 15 is 0 Å². The minimum absolute atomic E-state index is 0.196. The van der Waals surface area contributed by atoms with Gasteiger partial charge in [0.25, 0.3) is 0 Å². The molecule has 0 amide bonds. The van der Waals surface area contributed by atoms with Crippen molar-refractivity contribution in [2.75, 3.05) is 0 Å². The predicted octanol–water partition coefficient (Wildman–Crippen LogP) is 3.11. The van der Waals surface area contributed by atoms with Crippen LogP contribution in [-0.4, -0.2) is 16.1 Å². The molecular formula is C15H11NO4. The molecule has 1 aromatic heterocycles. The third-order valence-electron chi connectivity index (χ3n) is 2.80. The highest BCUT2D eigenvalue weighted by molar-refractivity contribution is 5.87. The Labute approximate surface area is 114 Å². The number of carboxylic acid groups (broad SMARTS) is 1. The molecule has 1 N–H and O–H groups in total. The molecule has 0 unspecified atom stereocenters. The molecule has 0 saturated carbocycles. The Morgan fingerprint density at radius 2 is 1.90 bits per heavy atom. The van der Waals surface area contributed by atoms with Gasteiger partial charge in [0.2, 0.25) is 5.89 Å². The maximum absolute atomic E-state index is 10.7. The second-order valence-corrected chi connectivity index (χ2v) is 4.19. The number of ether oxygens (including phenoxy) is 1. The van der Waals surface area contributed by atoms with Crippen LogP contribution in [0.3, 0.4) is 0 Å². The summed E-state index contributed by atoms with van der Waals surface area (Å²) in [6, 6.07) is 13.7. The van der Waals surface area contributed by atoms with Gasteiger partial charge in [0.1, 0.15) is 11.3 Å². The van der Waals surface area contributed by atoms with Crippen molar-refractivity contribution in [1.82, 2.24) is 4.98 Å². The van der Waals surface area contributed by atoms with Crippen LogP contribution >= 0.6 is 0 Å². The Balaban J connectivity index is 1.71. The first-order valence-corrected chi connectivity index (χ1v) is 6.03. The number of carboxylic acids is 1. The highest BCUT2D eigenvalue weighted by Crippen LogP contribution is 2.17. The van der Waals surface area contributed by atoms with Crippen molar-refractivity contribution in [3.63, 3.8) is 0 Å². The van der Waals surface area contributed by atoms with E-state index in [-0.39, 0.29) is 12.2 Å². The number of aromatic carboxylic acids is 1. The average molecular weight is 269 g/mol. The van der Waals surface area contributed by atoms with Crippen molar-refractivity contribution in [3.8, 4) is 5.75 Å². The van der Waals surface area contributed by atoms with Crippen molar-refractivity contribution in [1.29, 1.82) is 0 Å². The van der Waals surface area contributed by atoms with Crippen LogP contribution in [-0.2, 0) is 6.61 Å². The van der Waals surface area contributed by atoms with Gasteiger partial charge in [0.15, 0.2) is 12.2 Å². The zero-order valence-electron chi connectivity index (χ0n) is 10.4. The quantitative estimate of drug-likeness (QED) is 0.787. The van der Waals surface area contributed by atoms with Crippen LogP contribution < -0.4 is 4.74 Å². The molecule has 0 bridgehead atoms. The zero-order chi connectivity index (χ0) is 13.9. The van der Waals surface area contributed by atoms with E-state index in [4.69, 9.17) is 14.3 Å². The monoisotopic (exact) mass is 269 g/mol. The Morgan fingerprint density at radius 3 is 2.60 bits per heavy atom. The van der Waals surface area contributed by atoms with Gasteiger partial charge in [-0.3, -0.25) is 0 Å². The number of para-hydroxylation sites is 2. The van der Waals surface area contributed by atoms with E-state index < -0.39 is 5.97 Å². The molecule has 1 heterocycles. The second-order valence-electron chi connectivity index (χ2n) is 4.19. The average Bonchev–Trinajstić information content (AvgIpc) is 2.88. The van der Waals surface area contributed by atoms with Crippen LogP contribution in [0.5, 0.6) is 5.75 Å². The Bertz CT molecular complexity index is 713. The topological polar surface area (TPSA) is 72.6 Å². The highest BCUT2D eigenvalue weighted by atomic mass is 16.5. The molecule has 5 nitrogen and oxygen atoms in total. The fraction of sp³-hybridized carbons (Fsp3) is 0.0667. The zero-order valence-corrected chi connectivity index (χ0v) is 10.4. The van der Waals surface area contributed by atoms with Gasteiger partial charge in [0, 0.05) is 0 Å². The Hall–Kier alpha value is -2.82. The number of nitrogens with zero attached hydrogens (tertiary/aromatic N) is 1. The van der Waals surface area contributed by atoms with E-state index in [1.54, 1.807) is 12.1 Å². The van der Waals surface area contributed by atoms with Gasteiger partial charge in [-0.25, -0.2) is 9.78 Å². The van der Waals surface area contributed by atoms with Gasteiger partial charge in [-0.2, -0.15) is 0 Å². The summed E-state index contributed by atoms with van der Waals surface area (Å²) in [5.74, 6) is 0.0845. The number of hydrogen-bond donors (Lipinski definition) is 1. The fourth-order valence-corrected chi connectivity index (χ4v) is 1.82. The maximum atomic E-state index is 10.7. The molecule has 0 radical (unpaired) electrons. The summed E-state index contributed by atoms with van der Waals surface area (Å²) in [6.07, 6.45) is 0. The molecule has 2 aromatic carbocycles. The Morgan fingerprint density at radius 1 is 1.15 bits per heavy atom. The SMILES string of the molecule is O=C(O)c1ccc(OCc2nc3ccccc3o2)cc1. The van der Waals surface area contributed by atoms with Crippen LogP contribution in [0.15, 0.2) is 52.9 Å². The molecule has 0 aliphatic carbocycles. The number of rotatable bonds is 4. The van der Waals surface area contributed by atoms with Crippen molar-refractivity contribution >= 4 is 17.1 Å². The standard InChI is InChI=1S/C15H11NO4/c17-15(18)10-5-7-11(8-6-10)19-9-14-16-12-3-1-2-4-13(12)20-14/h1-8H,9H2,(H,17,18). The summed E-state index contributed by atoms with van der Waals surface area (Å²) in [5, 5.41) is 8.80. The smallest absolute Gasteiger partial charge is 0.335 e. The second kappa shape index (κ2) is 5.05. The summed E-state index contributed by atoms with van der Waals surface area (Å²) < 4.78 is 11.0. The summed E-state index contributed by atoms with van der Waals surface area (Å²) >= 11 is 0. The lowest BCUT2D eigenvalue weighted by molar-refractivity contribution is 0.0697. The third-order valence-corrected chi connectivity index (χ3v) is 2.80. The highest BCUT2D eigenvalue weighted by Gasteiger charge is 2.06. The van der Waals surface area contributed by atoms with Gasteiger partial charge < -0.3 is 14.3 Å². The summed E-state index contributed by atoms with van der Waals surface area (Å²) in [5.41, 5.74) is 1.72. The number of hydrogen-bond acceptors (Lipinski definition) is 4. The first-order chi connectivity index (χ1) is 9.72. The molecule has 3 aromatic rings. The first kappa shape index (κ1) is 12.2. The third kappa shape index (κ3) is 2.47. The van der Waals surface area contributed by atoms with Gasteiger partial charge in [-0.1, -0.05) is 12.1 Å². The largest absolute Gasteiger partial charge is 0.484 e. The van der Waals surface area contributed by atoms with Gasteiger partial charge >= 0.3 is 5.97 Å². The molecule has 0 aliphatic rings. The van der Waals surface area contributed by atoms with Crippen molar-refractivity contribution in [3.05, 3.63) is 60.0 Å². The molecular weight excluding hydrogens is 258 g/mol. The Kier molecular flexibility index (Phi) is 3.09. The van der Waals surface area contributed by atoms with Crippen LogP contribution in [0.2, 0.25) is 0 Å². The van der Waals surface area contributed by atoms with Gasteiger partial charge in [0.05, 0.1) is 5.56 Å². The number of fused-ring (bicyclic) bond motifs is 1. The van der Waals surface area contributed by atoms with E-state index in [2.05, 4.69) is 4.98 Å². The molecule has 0 spiro atoms. The van der Waals surface area contributed by atoms with Crippen LogP contribution in [0, 0.1) is 0 Å². The first-order valence-electron chi connectivity index (χ1n) is 6.03. The summed E-state index contributed by atoms with van der Waals surface area (Å²) in [6.45, 7) is 0.196. The van der Waals surface area contributed by atoms with Crippen molar-refractivity contribution < 1.29 is 19.1 Å². The van der Waals surface area contributed by atoms with Crippen molar-refractivity contribution in [2.24, 2.45) is 0 Å². The lowest BCUT2D eigenvalue weighted by atomic mass is 10.2. The molecule has 0 atom stereocenters. The van der Waals surface area contributed by atoms with Crippen LogP contribution in [0.1, 0.15) is 16.2 Å². The number of carbonyl (C=O) groups is 1. The summed E-state index contributed by atoms with van der Waals surface area (Å²) in [7, 11) is 0. The van der Waals surface area contributed by atoms with E-state index in [0.29, 0.717) is 17.2 Å². The number of aromatic nitrogens is 1.